The van der Waals surface area contributed by atoms with Crippen molar-refractivity contribution in [3.63, 3.8) is 0 Å². The minimum Gasteiger partial charge on any atom is -0.444 e. The Labute approximate surface area is 236 Å². The average Bonchev–Trinajstić information content (AvgIpc) is 2.88. The Balaban J connectivity index is 1.57. The van der Waals surface area contributed by atoms with Gasteiger partial charge in [0.05, 0.1) is 12.1 Å². The predicted molar refractivity (Wildman–Crippen MR) is 142 cm³/mol. The summed E-state index contributed by atoms with van der Waals surface area (Å²) in [5.74, 6) is -0.474. The number of hydrogen-bond donors (Lipinski definition) is 0. The van der Waals surface area contributed by atoms with Crippen LogP contribution in [0.1, 0.15) is 35.1 Å². The molecule has 2 fully saturated rings. The number of carbonyl (C=O) groups is 3. The molecule has 12 heteroatoms. The first-order valence-corrected chi connectivity index (χ1v) is 13.3. The zero-order valence-electron chi connectivity index (χ0n) is 22.6. The van der Waals surface area contributed by atoms with Gasteiger partial charge in [0, 0.05) is 24.5 Å². The van der Waals surface area contributed by atoms with Crippen LogP contribution in [-0.2, 0) is 33.7 Å². The molecule has 2 aromatic carbocycles. The maximum absolute atomic E-state index is 13.6. The smallest absolute Gasteiger partial charge is 0.416 e. The molecule has 216 valence electrons. The second-order valence-electron chi connectivity index (χ2n) is 10.4. The fourth-order valence-electron chi connectivity index (χ4n) is 5.16. The largest absolute Gasteiger partial charge is 0.444 e. The highest BCUT2D eigenvalue weighted by molar-refractivity contribution is 6.31. The van der Waals surface area contributed by atoms with E-state index in [2.05, 4.69) is 0 Å². The Morgan fingerprint density at radius 2 is 1.88 bits per heavy atom. The van der Waals surface area contributed by atoms with Crippen LogP contribution in [0.15, 0.2) is 42.5 Å². The van der Waals surface area contributed by atoms with Gasteiger partial charge in [-0.3, -0.25) is 14.5 Å². The number of carbonyl (C=O) groups excluding carboxylic acids is 3. The Bertz CT molecular complexity index is 1270. The maximum Gasteiger partial charge on any atom is 0.416 e. The van der Waals surface area contributed by atoms with Gasteiger partial charge >= 0.3 is 12.3 Å². The monoisotopic (exact) mass is 580 g/mol. The summed E-state index contributed by atoms with van der Waals surface area (Å²) >= 11 is 6.36. The molecule has 0 saturated carbocycles. The Kier molecular flexibility index (Phi) is 8.94. The second-order valence-corrected chi connectivity index (χ2v) is 10.8. The fourth-order valence-corrected chi connectivity index (χ4v) is 5.36. The number of hydrogen-bond acceptors (Lipinski definition) is 5. The van der Waals surface area contributed by atoms with Gasteiger partial charge in [0.2, 0.25) is 11.8 Å². The van der Waals surface area contributed by atoms with E-state index in [1.165, 1.54) is 22.8 Å². The van der Waals surface area contributed by atoms with Crippen LogP contribution in [0.5, 0.6) is 0 Å². The second kappa shape index (κ2) is 12.1. The van der Waals surface area contributed by atoms with E-state index in [-0.39, 0.29) is 50.0 Å². The van der Waals surface area contributed by atoms with Crippen molar-refractivity contribution in [1.82, 2.24) is 19.6 Å². The highest BCUT2D eigenvalue weighted by Crippen LogP contribution is 2.32. The van der Waals surface area contributed by atoms with Crippen LogP contribution in [0.2, 0.25) is 5.02 Å². The lowest BCUT2D eigenvalue weighted by Crippen LogP contribution is -2.71. The van der Waals surface area contributed by atoms with Crippen LogP contribution in [0.25, 0.3) is 0 Å². The van der Waals surface area contributed by atoms with Gasteiger partial charge in [0.1, 0.15) is 18.8 Å². The van der Waals surface area contributed by atoms with Crippen LogP contribution in [-0.4, -0.2) is 83.4 Å². The van der Waals surface area contributed by atoms with Crippen molar-refractivity contribution in [1.29, 1.82) is 0 Å². The standard InChI is InChI=1S/C28H32ClF3N4O4/c1-18-12-19(14-21(13-18)28(30,31)32)17-40-27(39)35-11-9-25(37)36-23(8-10-33(2)3)26(38)34(16-24(35)36)15-20-6-4-5-7-22(20)29/h4-7,12-14,23-24H,8-11,15-17H2,1-3H3/t23-,24+/m0/s1. The summed E-state index contributed by atoms with van der Waals surface area (Å²) in [5, 5.41) is 0.495. The van der Waals surface area contributed by atoms with Crippen molar-refractivity contribution in [3.05, 3.63) is 69.7 Å². The average molecular weight is 581 g/mol. The highest BCUT2D eigenvalue weighted by Gasteiger charge is 2.49. The molecule has 0 aliphatic carbocycles. The van der Waals surface area contributed by atoms with Gasteiger partial charge < -0.3 is 19.4 Å². The van der Waals surface area contributed by atoms with E-state index in [1.807, 2.05) is 31.1 Å². The first kappa shape index (κ1) is 29.7. The topological polar surface area (TPSA) is 73.4 Å². The molecule has 2 aliphatic heterocycles. The summed E-state index contributed by atoms with van der Waals surface area (Å²) in [5.41, 5.74) is 0.501. The Morgan fingerprint density at radius 3 is 2.55 bits per heavy atom. The SMILES string of the molecule is Cc1cc(COC(=O)N2CCC(=O)N3[C@@H]2CN(Cc2ccccc2Cl)C(=O)[C@@H]3CCN(C)C)cc(C(F)(F)F)c1. The molecule has 0 unspecified atom stereocenters. The molecular weight excluding hydrogens is 549 g/mol. The zero-order chi connectivity index (χ0) is 29.2. The minimum absolute atomic E-state index is 0.00449. The Morgan fingerprint density at radius 1 is 1.15 bits per heavy atom. The quantitative estimate of drug-likeness (QED) is 0.481. The number of halogens is 4. The third kappa shape index (κ3) is 6.69. The van der Waals surface area contributed by atoms with Crippen LogP contribution >= 0.6 is 11.6 Å². The highest BCUT2D eigenvalue weighted by atomic mass is 35.5. The third-order valence-corrected chi connectivity index (χ3v) is 7.45. The van der Waals surface area contributed by atoms with Crippen LogP contribution in [0.3, 0.4) is 0 Å². The van der Waals surface area contributed by atoms with E-state index in [1.54, 1.807) is 17.0 Å². The number of amides is 3. The van der Waals surface area contributed by atoms with Gasteiger partial charge in [-0.2, -0.15) is 13.2 Å². The first-order chi connectivity index (χ1) is 18.8. The van der Waals surface area contributed by atoms with E-state index >= 15 is 0 Å². The van der Waals surface area contributed by atoms with Gasteiger partial charge in [-0.25, -0.2) is 4.79 Å². The normalized spacial score (nSPS) is 19.8. The number of rotatable bonds is 7. The number of fused-ring (bicyclic) bond motifs is 1. The lowest BCUT2D eigenvalue weighted by Gasteiger charge is -2.52. The number of piperazine rings is 1. The predicted octanol–water partition coefficient (Wildman–Crippen LogP) is 4.53. The van der Waals surface area contributed by atoms with E-state index in [0.717, 1.165) is 17.7 Å². The molecule has 2 aromatic rings. The van der Waals surface area contributed by atoms with Gasteiger partial charge in [-0.15, -0.1) is 0 Å². The number of nitrogens with zero attached hydrogens (tertiary/aromatic N) is 4. The summed E-state index contributed by atoms with van der Waals surface area (Å²) < 4.78 is 45.2. The number of alkyl halides is 3. The molecule has 8 nitrogen and oxygen atoms in total. The first-order valence-electron chi connectivity index (χ1n) is 12.9. The summed E-state index contributed by atoms with van der Waals surface area (Å²) in [6.07, 6.45) is -5.72. The van der Waals surface area contributed by atoms with Crippen LogP contribution in [0, 0.1) is 6.92 Å². The minimum atomic E-state index is -4.53. The molecule has 0 bridgehead atoms. The molecule has 2 aliphatic rings. The van der Waals surface area contributed by atoms with Gasteiger partial charge in [-0.1, -0.05) is 41.4 Å². The van der Waals surface area contributed by atoms with Crippen LogP contribution < -0.4 is 0 Å². The number of ether oxygens (including phenoxy) is 1. The Hall–Kier alpha value is -3.31. The molecule has 0 aromatic heterocycles. The van der Waals surface area contributed by atoms with Crippen molar-refractivity contribution in [3.8, 4) is 0 Å². The van der Waals surface area contributed by atoms with Gasteiger partial charge in [-0.05, 0) is 63.3 Å². The van der Waals surface area contributed by atoms with E-state index < -0.39 is 30.0 Å². The molecule has 2 saturated heterocycles. The zero-order valence-corrected chi connectivity index (χ0v) is 23.3. The van der Waals surface area contributed by atoms with Crippen molar-refractivity contribution in [2.45, 2.75) is 51.3 Å². The van der Waals surface area contributed by atoms with Gasteiger partial charge in [0.15, 0.2) is 0 Å². The maximum atomic E-state index is 13.6. The molecule has 3 amide bonds. The van der Waals surface area contributed by atoms with Crippen molar-refractivity contribution in [2.75, 3.05) is 33.7 Å². The molecule has 0 radical (unpaired) electrons. The molecule has 40 heavy (non-hydrogen) atoms. The van der Waals surface area contributed by atoms with Crippen molar-refractivity contribution in [2.24, 2.45) is 0 Å². The number of benzene rings is 2. The summed E-state index contributed by atoms with van der Waals surface area (Å²) in [6.45, 7) is 2.01. The lowest BCUT2D eigenvalue weighted by atomic mass is 10.0. The molecule has 4 rings (SSSR count). The van der Waals surface area contributed by atoms with E-state index in [4.69, 9.17) is 16.3 Å². The van der Waals surface area contributed by atoms with E-state index in [0.29, 0.717) is 23.6 Å². The summed E-state index contributed by atoms with van der Waals surface area (Å²) in [7, 11) is 3.73. The third-order valence-electron chi connectivity index (χ3n) is 7.08. The van der Waals surface area contributed by atoms with Crippen molar-refractivity contribution >= 4 is 29.5 Å². The molecule has 2 heterocycles. The fraction of sp³-hybridized carbons (Fsp3) is 0.464. The van der Waals surface area contributed by atoms with Crippen LogP contribution in [0.4, 0.5) is 18.0 Å². The summed E-state index contributed by atoms with van der Waals surface area (Å²) in [4.78, 5) is 46.4. The molecular formula is C28H32ClF3N4O4. The molecule has 2 atom stereocenters. The van der Waals surface area contributed by atoms with Crippen molar-refractivity contribution < 1.29 is 32.3 Å². The number of aryl methyl sites for hydroxylation is 1. The van der Waals surface area contributed by atoms with E-state index in [9.17, 15) is 27.6 Å². The lowest BCUT2D eigenvalue weighted by molar-refractivity contribution is -0.169. The van der Waals surface area contributed by atoms with Gasteiger partial charge in [0.25, 0.3) is 0 Å². The molecule has 0 N–H and O–H groups in total. The molecule has 0 spiro atoms. The summed E-state index contributed by atoms with van der Waals surface area (Å²) in [6, 6.07) is 9.85.